The highest BCUT2D eigenvalue weighted by Gasteiger charge is 2.10. The molecule has 18 heavy (non-hydrogen) atoms. The first-order valence-electron chi connectivity index (χ1n) is 5.90. The third-order valence-electron chi connectivity index (χ3n) is 2.38. The van der Waals surface area contributed by atoms with Crippen molar-refractivity contribution in [2.45, 2.75) is 26.1 Å². The number of aliphatic hydroxyl groups excluding tert-OH is 2. The van der Waals surface area contributed by atoms with Crippen LogP contribution < -0.4 is 4.74 Å². The van der Waals surface area contributed by atoms with Crippen molar-refractivity contribution in [3.05, 3.63) is 29.6 Å². The molecule has 0 aliphatic heterocycles. The number of ether oxygens (including phenoxy) is 2. The molecule has 0 spiro atoms. The lowest BCUT2D eigenvalue weighted by Crippen LogP contribution is -2.23. The van der Waals surface area contributed by atoms with Crippen molar-refractivity contribution in [2.75, 3.05) is 19.8 Å². The summed E-state index contributed by atoms with van der Waals surface area (Å²) < 4.78 is 23.7. The summed E-state index contributed by atoms with van der Waals surface area (Å²) in [5.74, 6) is -0.507. The highest BCUT2D eigenvalue weighted by molar-refractivity contribution is 5.30. The number of hydrogen-bond donors (Lipinski definition) is 2. The van der Waals surface area contributed by atoms with Crippen LogP contribution in [0.3, 0.4) is 0 Å². The predicted molar refractivity (Wildman–Crippen MR) is 65.0 cm³/mol. The van der Waals surface area contributed by atoms with Crippen molar-refractivity contribution in [2.24, 2.45) is 0 Å². The van der Waals surface area contributed by atoms with E-state index >= 15 is 0 Å². The van der Waals surface area contributed by atoms with Gasteiger partial charge in [-0.15, -0.1) is 0 Å². The molecule has 102 valence electrons. The molecular weight excluding hydrogens is 239 g/mol. The Morgan fingerprint density at radius 2 is 2.00 bits per heavy atom. The first-order chi connectivity index (χ1) is 8.54. The standard InChI is InChI=1S/C13H19FO4/c1-3-17-7-11(16)8-18-13-5-4-10(9(2)15)6-12(13)14/h4-6,9,11,15-16H,3,7-8H2,1-2H3/t9-,11?/m0/s1. The lowest BCUT2D eigenvalue weighted by Gasteiger charge is -2.13. The normalized spacial score (nSPS) is 14.3. The smallest absolute Gasteiger partial charge is 0.165 e. The van der Waals surface area contributed by atoms with Crippen LogP contribution in [0, 0.1) is 5.82 Å². The average Bonchev–Trinajstić information content (AvgIpc) is 2.34. The van der Waals surface area contributed by atoms with Gasteiger partial charge >= 0.3 is 0 Å². The minimum atomic E-state index is -0.791. The van der Waals surface area contributed by atoms with Crippen molar-refractivity contribution >= 4 is 0 Å². The second-order valence-corrected chi connectivity index (χ2v) is 3.99. The van der Waals surface area contributed by atoms with Crippen LogP contribution in [0.25, 0.3) is 0 Å². The van der Waals surface area contributed by atoms with Gasteiger partial charge in [0.25, 0.3) is 0 Å². The second kappa shape index (κ2) is 7.31. The molecular formula is C13H19FO4. The molecule has 1 rings (SSSR count). The molecule has 5 heteroatoms. The van der Waals surface area contributed by atoms with Gasteiger partial charge in [0, 0.05) is 6.61 Å². The largest absolute Gasteiger partial charge is 0.488 e. The molecule has 2 N–H and O–H groups in total. The summed E-state index contributed by atoms with van der Waals surface area (Å²) in [7, 11) is 0. The van der Waals surface area contributed by atoms with E-state index in [4.69, 9.17) is 9.47 Å². The summed E-state index contributed by atoms with van der Waals surface area (Å²) in [6.07, 6.45) is -1.52. The van der Waals surface area contributed by atoms with Gasteiger partial charge in [-0.1, -0.05) is 6.07 Å². The molecule has 0 heterocycles. The van der Waals surface area contributed by atoms with Gasteiger partial charge in [0.05, 0.1) is 12.7 Å². The van der Waals surface area contributed by atoms with E-state index in [-0.39, 0.29) is 19.0 Å². The number of rotatable bonds is 7. The maximum atomic E-state index is 13.6. The minimum absolute atomic E-state index is 0.0368. The van der Waals surface area contributed by atoms with E-state index in [2.05, 4.69) is 0 Å². The fraction of sp³-hybridized carbons (Fsp3) is 0.538. The van der Waals surface area contributed by atoms with Crippen LogP contribution in [0.4, 0.5) is 4.39 Å². The Labute approximate surface area is 106 Å². The molecule has 0 saturated carbocycles. The van der Waals surface area contributed by atoms with Gasteiger partial charge in [0.15, 0.2) is 11.6 Å². The molecule has 0 saturated heterocycles. The maximum absolute atomic E-state index is 13.6. The number of aliphatic hydroxyl groups is 2. The van der Waals surface area contributed by atoms with Crippen LogP contribution >= 0.6 is 0 Å². The van der Waals surface area contributed by atoms with Crippen LogP contribution in [-0.2, 0) is 4.74 Å². The Bertz CT molecular complexity index is 368. The van der Waals surface area contributed by atoms with Gasteiger partial charge in [-0.3, -0.25) is 0 Å². The van der Waals surface area contributed by atoms with Crippen LogP contribution in [0.5, 0.6) is 5.75 Å². The molecule has 2 atom stereocenters. The summed E-state index contributed by atoms with van der Waals surface area (Å²) in [5, 5.41) is 18.8. The molecule has 0 aromatic heterocycles. The van der Waals surface area contributed by atoms with Gasteiger partial charge in [0.2, 0.25) is 0 Å². The Hall–Kier alpha value is -1.17. The predicted octanol–water partition coefficient (Wildman–Crippen LogP) is 1.66. The highest BCUT2D eigenvalue weighted by atomic mass is 19.1. The lowest BCUT2D eigenvalue weighted by atomic mass is 10.1. The molecule has 0 aliphatic carbocycles. The first kappa shape index (κ1) is 14.9. The summed E-state index contributed by atoms with van der Waals surface area (Å²) in [5.41, 5.74) is 0.481. The van der Waals surface area contributed by atoms with Crippen molar-refractivity contribution in [1.29, 1.82) is 0 Å². The van der Waals surface area contributed by atoms with Crippen LogP contribution in [0.1, 0.15) is 25.5 Å². The van der Waals surface area contributed by atoms with Gasteiger partial charge in [-0.05, 0) is 31.5 Å². The topological polar surface area (TPSA) is 58.9 Å². The Balaban J connectivity index is 2.52. The third-order valence-corrected chi connectivity index (χ3v) is 2.38. The first-order valence-corrected chi connectivity index (χ1v) is 5.90. The maximum Gasteiger partial charge on any atom is 0.165 e. The molecule has 0 fully saturated rings. The second-order valence-electron chi connectivity index (χ2n) is 3.99. The fourth-order valence-electron chi connectivity index (χ4n) is 1.38. The zero-order valence-electron chi connectivity index (χ0n) is 10.6. The Morgan fingerprint density at radius 3 is 2.56 bits per heavy atom. The van der Waals surface area contributed by atoms with Crippen LogP contribution in [0.2, 0.25) is 0 Å². The summed E-state index contributed by atoms with van der Waals surface area (Å²) in [6.45, 7) is 4.01. The molecule has 0 bridgehead atoms. The number of benzene rings is 1. The minimum Gasteiger partial charge on any atom is -0.488 e. The molecule has 4 nitrogen and oxygen atoms in total. The van der Waals surface area contributed by atoms with Gasteiger partial charge in [0.1, 0.15) is 12.7 Å². The summed E-state index contributed by atoms with van der Waals surface area (Å²) in [6, 6.07) is 4.23. The number of halogens is 1. The molecule has 1 unspecified atom stereocenters. The van der Waals surface area contributed by atoms with Crippen molar-refractivity contribution < 1.29 is 24.1 Å². The zero-order valence-corrected chi connectivity index (χ0v) is 10.6. The zero-order chi connectivity index (χ0) is 13.5. The monoisotopic (exact) mass is 258 g/mol. The molecule has 1 aromatic carbocycles. The van der Waals surface area contributed by atoms with Crippen molar-refractivity contribution in [3.63, 3.8) is 0 Å². The molecule has 1 aromatic rings. The van der Waals surface area contributed by atoms with Crippen molar-refractivity contribution in [1.82, 2.24) is 0 Å². The van der Waals surface area contributed by atoms with E-state index in [1.807, 2.05) is 6.92 Å². The summed E-state index contributed by atoms with van der Waals surface area (Å²) in [4.78, 5) is 0. The Morgan fingerprint density at radius 1 is 1.28 bits per heavy atom. The van der Waals surface area contributed by atoms with Gasteiger partial charge in [-0.25, -0.2) is 4.39 Å². The highest BCUT2D eigenvalue weighted by Crippen LogP contribution is 2.22. The van der Waals surface area contributed by atoms with E-state index in [0.29, 0.717) is 12.2 Å². The van der Waals surface area contributed by atoms with Crippen LogP contribution in [0.15, 0.2) is 18.2 Å². The van der Waals surface area contributed by atoms with Gasteiger partial charge in [-0.2, -0.15) is 0 Å². The molecule has 0 aliphatic rings. The number of hydrogen-bond acceptors (Lipinski definition) is 4. The van der Waals surface area contributed by atoms with E-state index in [1.54, 1.807) is 13.0 Å². The molecule has 0 amide bonds. The summed E-state index contributed by atoms with van der Waals surface area (Å²) >= 11 is 0. The quantitative estimate of drug-likeness (QED) is 0.781. The van der Waals surface area contributed by atoms with Crippen LogP contribution in [-0.4, -0.2) is 36.1 Å². The SMILES string of the molecule is CCOCC(O)COc1ccc([C@H](C)O)cc1F. The van der Waals surface area contributed by atoms with Gasteiger partial charge < -0.3 is 19.7 Å². The third kappa shape index (κ3) is 4.60. The van der Waals surface area contributed by atoms with E-state index < -0.39 is 18.0 Å². The molecule has 0 radical (unpaired) electrons. The lowest BCUT2D eigenvalue weighted by molar-refractivity contribution is 0.0157. The van der Waals surface area contributed by atoms with Crippen molar-refractivity contribution in [3.8, 4) is 5.75 Å². The Kier molecular flexibility index (Phi) is 6.04. The fourth-order valence-corrected chi connectivity index (χ4v) is 1.38. The van der Waals surface area contributed by atoms with E-state index in [0.717, 1.165) is 0 Å². The average molecular weight is 258 g/mol. The van der Waals surface area contributed by atoms with E-state index in [9.17, 15) is 14.6 Å². The van der Waals surface area contributed by atoms with E-state index in [1.165, 1.54) is 12.1 Å².